The molecule has 0 fully saturated rings. The van der Waals surface area contributed by atoms with Gasteiger partial charge in [0, 0.05) is 10.8 Å². The highest BCUT2D eigenvalue weighted by Crippen LogP contribution is 2.25. The minimum absolute atomic E-state index is 0.0551. The van der Waals surface area contributed by atoms with Crippen molar-refractivity contribution in [1.82, 2.24) is 0 Å². The second-order valence-corrected chi connectivity index (χ2v) is 4.88. The molecule has 0 spiro atoms. The van der Waals surface area contributed by atoms with Crippen LogP contribution in [0, 0.1) is 12.1 Å². The van der Waals surface area contributed by atoms with Crippen LogP contribution in [0.25, 0.3) is 10.8 Å². The van der Waals surface area contributed by atoms with Crippen LogP contribution in [0.5, 0.6) is 0 Å². The molecule has 0 aliphatic carbocycles. The molecule has 0 radical (unpaired) electrons. The van der Waals surface area contributed by atoms with Crippen molar-refractivity contribution in [3.63, 3.8) is 0 Å². The maximum Gasteiger partial charge on any atom is 0.319 e. The molecule has 0 aliphatic heterocycles. The zero-order valence-corrected chi connectivity index (χ0v) is 8.59. The van der Waals surface area contributed by atoms with Crippen molar-refractivity contribution in [3.8, 4) is 0 Å². The first-order chi connectivity index (χ1) is 7.00. The summed E-state index contributed by atoms with van der Waals surface area (Å²) >= 11 is 0. The largest absolute Gasteiger partial charge is 0.319 e. The first-order valence-electron chi connectivity index (χ1n) is 4.25. The second kappa shape index (κ2) is 3.24. The standard InChI is InChI=1S/C11H8FO2S/c1-15(13,14)11-7-6-10(12)8-4-2-3-5-9(8)11/h2-7H,1H2/q+1. The Morgan fingerprint density at radius 2 is 1.60 bits per heavy atom. The number of rotatable bonds is 1. The van der Waals surface area contributed by atoms with Gasteiger partial charge in [0.1, 0.15) is 10.7 Å². The molecule has 76 valence electrons. The lowest BCUT2D eigenvalue weighted by Gasteiger charge is -2.02. The zero-order chi connectivity index (χ0) is 11.1. The van der Waals surface area contributed by atoms with E-state index in [1.807, 2.05) is 0 Å². The van der Waals surface area contributed by atoms with Crippen molar-refractivity contribution in [2.24, 2.45) is 0 Å². The first kappa shape index (κ1) is 9.98. The Labute approximate surface area is 87.3 Å². The van der Waals surface area contributed by atoms with Crippen molar-refractivity contribution in [2.45, 2.75) is 4.90 Å². The molecular formula is C11H8FO2S+. The number of fused-ring (bicyclic) bond motifs is 1. The van der Waals surface area contributed by atoms with Crippen molar-refractivity contribution in [2.75, 3.05) is 0 Å². The molecular weight excluding hydrogens is 215 g/mol. The molecule has 2 nitrogen and oxygen atoms in total. The molecule has 0 saturated carbocycles. The van der Waals surface area contributed by atoms with E-state index in [1.54, 1.807) is 24.3 Å². The average molecular weight is 223 g/mol. The summed E-state index contributed by atoms with van der Waals surface area (Å²) in [5.74, 6) is -0.432. The van der Waals surface area contributed by atoms with E-state index in [4.69, 9.17) is 0 Å². The van der Waals surface area contributed by atoms with Gasteiger partial charge in [0.15, 0.2) is 6.26 Å². The van der Waals surface area contributed by atoms with Gasteiger partial charge >= 0.3 is 9.84 Å². The van der Waals surface area contributed by atoms with Crippen LogP contribution in [-0.2, 0) is 9.84 Å². The molecule has 0 bridgehead atoms. The fourth-order valence-corrected chi connectivity index (χ4v) is 2.29. The number of benzene rings is 2. The van der Waals surface area contributed by atoms with Gasteiger partial charge in [0.05, 0.1) is 0 Å². The topological polar surface area (TPSA) is 34.1 Å². The van der Waals surface area contributed by atoms with Crippen LogP contribution in [0.1, 0.15) is 0 Å². The summed E-state index contributed by atoms with van der Waals surface area (Å²) in [6.45, 7) is 0. The summed E-state index contributed by atoms with van der Waals surface area (Å²) < 4.78 is 36.0. The molecule has 4 heteroatoms. The van der Waals surface area contributed by atoms with Gasteiger partial charge in [-0.2, -0.15) is 8.42 Å². The van der Waals surface area contributed by atoms with Gasteiger partial charge in [-0.05, 0) is 12.1 Å². The lowest BCUT2D eigenvalue weighted by Crippen LogP contribution is -1.96. The van der Waals surface area contributed by atoms with E-state index in [0.717, 1.165) is 6.07 Å². The van der Waals surface area contributed by atoms with Gasteiger partial charge in [0.25, 0.3) is 0 Å². The minimum atomic E-state index is -3.56. The number of halogens is 1. The van der Waals surface area contributed by atoms with Crippen LogP contribution in [-0.4, -0.2) is 8.42 Å². The molecule has 0 atom stereocenters. The molecule has 2 aromatic rings. The normalized spacial score (nSPS) is 11.8. The van der Waals surface area contributed by atoms with Crippen LogP contribution < -0.4 is 0 Å². The Morgan fingerprint density at radius 1 is 1.00 bits per heavy atom. The molecule has 15 heavy (non-hydrogen) atoms. The average Bonchev–Trinajstić information content (AvgIpc) is 2.17. The smallest absolute Gasteiger partial charge is 0.206 e. The lowest BCUT2D eigenvalue weighted by molar-refractivity contribution is 0.604. The van der Waals surface area contributed by atoms with E-state index in [0.29, 0.717) is 10.8 Å². The fourth-order valence-electron chi connectivity index (χ4n) is 1.51. The van der Waals surface area contributed by atoms with Gasteiger partial charge < -0.3 is 0 Å². The SMILES string of the molecule is [CH2+]S(=O)(=O)c1ccc(F)c2ccccc12. The van der Waals surface area contributed by atoms with E-state index < -0.39 is 15.7 Å². The molecule has 0 saturated heterocycles. The third kappa shape index (κ3) is 1.68. The summed E-state index contributed by atoms with van der Waals surface area (Å²) in [6.07, 6.45) is 3.07. The molecule has 0 aromatic heterocycles. The Morgan fingerprint density at radius 3 is 2.20 bits per heavy atom. The molecule has 0 amide bonds. The molecule has 0 heterocycles. The van der Waals surface area contributed by atoms with E-state index in [1.165, 1.54) is 6.07 Å². The highest BCUT2D eigenvalue weighted by molar-refractivity contribution is 7.92. The highest BCUT2D eigenvalue weighted by atomic mass is 32.2. The summed E-state index contributed by atoms with van der Waals surface area (Å²) in [6, 6.07) is 8.80. The third-order valence-corrected chi connectivity index (χ3v) is 3.19. The van der Waals surface area contributed by atoms with Crippen molar-refractivity contribution in [3.05, 3.63) is 48.5 Å². The number of hydrogen-bond acceptors (Lipinski definition) is 2. The van der Waals surface area contributed by atoms with Gasteiger partial charge in [0.2, 0.25) is 0 Å². The molecule has 0 aliphatic rings. The molecule has 2 rings (SSSR count). The van der Waals surface area contributed by atoms with Crippen LogP contribution >= 0.6 is 0 Å². The molecule has 2 aromatic carbocycles. The van der Waals surface area contributed by atoms with Gasteiger partial charge in [-0.25, -0.2) is 4.39 Å². The van der Waals surface area contributed by atoms with Crippen LogP contribution in [0.2, 0.25) is 0 Å². The van der Waals surface area contributed by atoms with Crippen molar-refractivity contribution < 1.29 is 12.8 Å². The number of hydrogen-bond donors (Lipinski definition) is 0. The van der Waals surface area contributed by atoms with Crippen LogP contribution in [0.15, 0.2) is 41.3 Å². The van der Waals surface area contributed by atoms with E-state index >= 15 is 0 Å². The predicted molar refractivity (Wildman–Crippen MR) is 56.4 cm³/mol. The molecule has 0 unspecified atom stereocenters. The summed E-state index contributed by atoms with van der Waals surface area (Å²) in [4.78, 5) is 0.0551. The Hall–Kier alpha value is -1.55. The Bertz CT molecular complexity index is 618. The minimum Gasteiger partial charge on any atom is -0.206 e. The monoisotopic (exact) mass is 223 g/mol. The van der Waals surface area contributed by atoms with E-state index in [2.05, 4.69) is 6.26 Å². The first-order valence-corrected chi connectivity index (χ1v) is 5.91. The Kier molecular flexibility index (Phi) is 2.16. The van der Waals surface area contributed by atoms with Gasteiger partial charge in [-0.15, -0.1) is 0 Å². The van der Waals surface area contributed by atoms with Crippen LogP contribution in [0.3, 0.4) is 0 Å². The lowest BCUT2D eigenvalue weighted by atomic mass is 10.1. The predicted octanol–water partition coefficient (Wildman–Crippen LogP) is 2.54. The van der Waals surface area contributed by atoms with Gasteiger partial charge in [-0.1, -0.05) is 24.3 Å². The van der Waals surface area contributed by atoms with Crippen molar-refractivity contribution >= 4 is 20.6 Å². The van der Waals surface area contributed by atoms with Crippen molar-refractivity contribution in [1.29, 1.82) is 0 Å². The Balaban J connectivity index is 2.96. The fraction of sp³-hybridized carbons (Fsp3) is 0. The maximum absolute atomic E-state index is 13.3. The zero-order valence-electron chi connectivity index (χ0n) is 7.77. The van der Waals surface area contributed by atoms with E-state index in [-0.39, 0.29) is 4.90 Å². The van der Waals surface area contributed by atoms with Gasteiger partial charge in [-0.3, -0.25) is 0 Å². The highest BCUT2D eigenvalue weighted by Gasteiger charge is 2.18. The summed E-state index contributed by atoms with van der Waals surface area (Å²) in [7, 11) is -3.56. The third-order valence-electron chi connectivity index (χ3n) is 2.17. The van der Waals surface area contributed by atoms with E-state index in [9.17, 15) is 12.8 Å². The quantitative estimate of drug-likeness (QED) is 0.550. The maximum atomic E-state index is 13.3. The second-order valence-electron chi connectivity index (χ2n) is 3.21. The summed E-state index contributed by atoms with van der Waals surface area (Å²) in [5, 5.41) is 0.662. The number of sulfone groups is 1. The molecule has 0 N–H and O–H groups in total. The van der Waals surface area contributed by atoms with Crippen LogP contribution in [0.4, 0.5) is 4.39 Å². The summed E-state index contributed by atoms with van der Waals surface area (Å²) in [5.41, 5.74) is 0.